The van der Waals surface area contributed by atoms with Gasteiger partial charge in [-0.2, -0.15) is 0 Å². The number of nitrogens with zero attached hydrogens (tertiary/aromatic N) is 1. The van der Waals surface area contributed by atoms with Crippen LogP contribution in [0.3, 0.4) is 0 Å². The van der Waals surface area contributed by atoms with Crippen molar-refractivity contribution in [2.45, 2.75) is 12.5 Å². The second-order valence-electron chi connectivity index (χ2n) is 6.13. The van der Waals surface area contributed by atoms with Gasteiger partial charge in [-0.3, -0.25) is 14.5 Å². The molecule has 6 nitrogen and oxygen atoms in total. The van der Waals surface area contributed by atoms with E-state index >= 15 is 0 Å². The maximum atomic E-state index is 13.6. The largest absolute Gasteiger partial charge is 0.325 e. The highest BCUT2D eigenvalue weighted by Gasteiger charge is 2.49. The van der Waals surface area contributed by atoms with E-state index in [9.17, 15) is 23.2 Å². The normalized spacial score (nSPS) is 19.2. The standard InChI is InChI=1S/C18H14ClF2N3O3/c1-18(10-2-4-11(19)5-3-10)16(26)24(17(27)23-18)9-15(25)22-14-7-6-12(20)8-13(14)21/h2-8H,9H2,1H3,(H,22,25)(H,23,27)/t18-/m1/s1. The van der Waals surface area contributed by atoms with Crippen molar-refractivity contribution in [2.75, 3.05) is 11.9 Å². The average Bonchev–Trinajstić information content (AvgIpc) is 2.82. The number of amides is 4. The van der Waals surface area contributed by atoms with Crippen LogP contribution in [0.1, 0.15) is 12.5 Å². The fourth-order valence-corrected chi connectivity index (χ4v) is 2.87. The molecule has 27 heavy (non-hydrogen) atoms. The van der Waals surface area contributed by atoms with Crippen molar-refractivity contribution in [2.24, 2.45) is 0 Å². The molecule has 1 fully saturated rings. The SMILES string of the molecule is C[C@]1(c2ccc(Cl)cc2)NC(=O)N(CC(=O)Nc2ccc(F)cc2F)C1=O. The first-order valence-electron chi connectivity index (χ1n) is 7.86. The topological polar surface area (TPSA) is 78.5 Å². The minimum Gasteiger partial charge on any atom is -0.322 e. The van der Waals surface area contributed by atoms with Gasteiger partial charge in [-0.1, -0.05) is 23.7 Å². The van der Waals surface area contributed by atoms with Crippen LogP contribution in [-0.2, 0) is 15.1 Å². The molecule has 4 amide bonds. The Balaban J connectivity index is 1.75. The van der Waals surface area contributed by atoms with Gasteiger partial charge in [0.15, 0.2) is 0 Å². The van der Waals surface area contributed by atoms with Crippen LogP contribution >= 0.6 is 11.6 Å². The zero-order valence-electron chi connectivity index (χ0n) is 14.1. The summed E-state index contributed by atoms with van der Waals surface area (Å²) in [6, 6.07) is 8.22. The van der Waals surface area contributed by atoms with Gasteiger partial charge in [0.05, 0.1) is 5.69 Å². The number of halogens is 3. The van der Waals surface area contributed by atoms with Crippen LogP contribution in [0, 0.1) is 11.6 Å². The molecule has 1 atom stereocenters. The molecule has 2 aromatic carbocycles. The third-order valence-electron chi connectivity index (χ3n) is 4.20. The van der Waals surface area contributed by atoms with Gasteiger partial charge in [-0.05, 0) is 36.8 Å². The smallest absolute Gasteiger partial charge is 0.322 e. The Morgan fingerprint density at radius 3 is 2.48 bits per heavy atom. The number of anilines is 1. The maximum absolute atomic E-state index is 13.6. The molecular formula is C18H14ClF2N3O3. The van der Waals surface area contributed by atoms with Crippen LogP contribution in [0.2, 0.25) is 5.02 Å². The van der Waals surface area contributed by atoms with Gasteiger partial charge >= 0.3 is 6.03 Å². The highest BCUT2D eigenvalue weighted by molar-refractivity contribution is 6.30. The van der Waals surface area contributed by atoms with E-state index in [0.717, 1.165) is 17.0 Å². The summed E-state index contributed by atoms with van der Waals surface area (Å²) in [5, 5.41) is 5.22. The summed E-state index contributed by atoms with van der Waals surface area (Å²) in [6.07, 6.45) is 0. The monoisotopic (exact) mass is 393 g/mol. The molecule has 1 saturated heterocycles. The molecule has 0 saturated carbocycles. The molecule has 0 aliphatic carbocycles. The molecule has 0 unspecified atom stereocenters. The van der Waals surface area contributed by atoms with E-state index in [1.54, 1.807) is 24.3 Å². The summed E-state index contributed by atoms with van der Waals surface area (Å²) in [5.74, 6) is -3.20. The lowest BCUT2D eigenvalue weighted by molar-refractivity contribution is -0.133. The van der Waals surface area contributed by atoms with E-state index in [-0.39, 0.29) is 5.69 Å². The molecule has 9 heteroatoms. The van der Waals surface area contributed by atoms with Gasteiger partial charge in [0.25, 0.3) is 5.91 Å². The number of rotatable bonds is 4. The van der Waals surface area contributed by atoms with Crippen LogP contribution in [0.15, 0.2) is 42.5 Å². The van der Waals surface area contributed by atoms with E-state index in [1.807, 2.05) is 0 Å². The third-order valence-corrected chi connectivity index (χ3v) is 4.46. The van der Waals surface area contributed by atoms with Crippen molar-refractivity contribution >= 4 is 35.1 Å². The number of hydrogen-bond acceptors (Lipinski definition) is 3. The van der Waals surface area contributed by atoms with Crippen molar-refractivity contribution in [3.8, 4) is 0 Å². The molecule has 3 rings (SSSR count). The average molecular weight is 394 g/mol. The maximum Gasteiger partial charge on any atom is 0.325 e. The minimum atomic E-state index is -1.36. The second kappa shape index (κ2) is 6.96. The number of carbonyl (C=O) groups is 3. The molecule has 2 aromatic rings. The van der Waals surface area contributed by atoms with Crippen molar-refractivity contribution in [1.29, 1.82) is 0 Å². The Morgan fingerprint density at radius 2 is 1.85 bits per heavy atom. The van der Waals surface area contributed by atoms with Gasteiger partial charge in [-0.15, -0.1) is 0 Å². The molecule has 2 N–H and O–H groups in total. The minimum absolute atomic E-state index is 0.256. The van der Waals surface area contributed by atoms with E-state index in [0.29, 0.717) is 16.7 Å². The first-order chi connectivity index (χ1) is 12.7. The Hall–Kier alpha value is -3.00. The van der Waals surface area contributed by atoms with Gasteiger partial charge in [0, 0.05) is 11.1 Å². The number of benzene rings is 2. The Kier molecular flexibility index (Phi) is 4.84. The van der Waals surface area contributed by atoms with Gasteiger partial charge < -0.3 is 10.6 Å². The summed E-state index contributed by atoms with van der Waals surface area (Å²) in [4.78, 5) is 37.8. The Morgan fingerprint density at radius 1 is 1.19 bits per heavy atom. The summed E-state index contributed by atoms with van der Waals surface area (Å²) < 4.78 is 26.5. The summed E-state index contributed by atoms with van der Waals surface area (Å²) >= 11 is 5.84. The van der Waals surface area contributed by atoms with Gasteiger partial charge in [0.1, 0.15) is 23.7 Å². The second-order valence-corrected chi connectivity index (χ2v) is 6.56. The van der Waals surface area contributed by atoms with E-state index in [4.69, 9.17) is 11.6 Å². The van der Waals surface area contributed by atoms with Crippen LogP contribution in [0.5, 0.6) is 0 Å². The summed E-state index contributed by atoms with van der Waals surface area (Å²) in [6.45, 7) is 0.888. The fraction of sp³-hybridized carbons (Fsp3) is 0.167. The van der Waals surface area contributed by atoms with Gasteiger partial charge in [0.2, 0.25) is 5.91 Å². The predicted octanol–water partition coefficient (Wildman–Crippen LogP) is 3.02. The predicted molar refractivity (Wildman–Crippen MR) is 94.0 cm³/mol. The summed E-state index contributed by atoms with van der Waals surface area (Å²) in [7, 11) is 0. The quantitative estimate of drug-likeness (QED) is 0.784. The number of urea groups is 1. The number of imide groups is 1. The summed E-state index contributed by atoms with van der Waals surface area (Å²) in [5.41, 5.74) is -1.12. The van der Waals surface area contributed by atoms with E-state index in [2.05, 4.69) is 10.6 Å². The molecule has 140 valence electrons. The molecular weight excluding hydrogens is 380 g/mol. The number of hydrogen-bond donors (Lipinski definition) is 2. The lowest BCUT2D eigenvalue weighted by Crippen LogP contribution is -2.42. The van der Waals surface area contributed by atoms with Crippen LogP contribution < -0.4 is 10.6 Å². The lowest BCUT2D eigenvalue weighted by Gasteiger charge is -2.22. The molecule has 1 heterocycles. The number of nitrogens with one attached hydrogen (secondary N) is 2. The Labute approximate surface area is 158 Å². The molecule has 0 spiro atoms. The van der Waals surface area contributed by atoms with E-state index in [1.165, 1.54) is 6.92 Å². The van der Waals surface area contributed by atoms with Crippen LogP contribution in [0.25, 0.3) is 0 Å². The molecule has 0 radical (unpaired) electrons. The highest BCUT2D eigenvalue weighted by Crippen LogP contribution is 2.29. The third kappa shape index (κ3) is 3.61. The zero-order chi connectivity index (χ0) is 19.8. The molecule has 0 bridgehead atoms. The van der Waals surface area contributed by atoms with E-state index < -0.39 is 41.6 Å². The van der Waals surface area contributed by atoms with Crippen molar-refractivity contribution in [3.05, 3.63) is 64.7 Å². The van der Waals surface area contributed by atoms with Crippen LogP contribution in [-0.4, -0.2) is 29.3 Å². The molecule has 1 aliphatic rings. The highest BCUT2D eigenvalue weighted by atomic mass is 35.5. The van der Waals surface area contributed by atoms with Crippen molar-refractivity contribution in [1.82, 2.24) is 10.2 Å². The first-order valence-corrected chi connectivity index (χ1v) is 8.23. The Bertz CT molecular complexity index is 936. The lowest BCUT2D eigenvalue weighted by atomic mass is 9.92. The number of carbonyl (C=O) groups excluding carboxylic acids is 3. The molecule has 0 aromatic heterocycles. The molecule has 1 aliphatic heterocycles. The van der Waals surface area contributed by atoms with Gasteiger partial charge in [-0.25, -0.2) is 13.6 Å². The van der Waals surface area contributed by atoms with Crippen LogP contribution in [0.4, 0.5) is 19.3 Å². The first kappa shape index (κ1) is 18.8. The van der Waals surface area contributed by atoms with Crippen molar-refractivity contribution in [3.63, 3.8) is 0 Å². The zero-order valence-corrected chi connectivity index (χ0v) is 14.8. The van der Waals surface area contributed by atoms with Crippen molar-refractivity contribution < 1.29 is 23.2 Å². The fourth-order valence-electron chi connectivity index (χ4n) is 2.74.